The van der Waals surface area contributed by atoms with E-state index in [1.807, 2.05) is 0 Å². The molecule has 2 bridgehead atoms. The van der Waals surface area contributed by atoms with Gasteiger partial charge in [0.1, 0.15) is 54.9 Å². The number of ether oxygens (including phenoxy) is 5. The minimum absolute atomic E-state index is 0.104. The lowest BCUT2D eigenvalue weighted by Gasteiger charge is -2.46. The summed E-state index contributed by atoms with van der Waals surface area (Å²) in [6, 6.07) is 0. The highest BCUT2D eigenvalue weighted by molar-refractivity contribution is 7.99. The van der Waals surface area contributed by atoms with Gasteiger partial charge in [-0.05, 0) is 25.1 Å². The summed E-state index contributed by atoms with van der Waals surface area (Å²) < 4.78 is 28.2. The van der Waals surface area contributed by atoms with Crippen molar-refractivity contribution in [2.24, 2.45) is 5.92 Å². The molecule has 0 aromatic heterocycles. The van der Waals surface area contributed by atoms with Gasteiger partial charge in [-0.1, -0.05) is 12.8 Å². The minimum atomic E-state index is -1.75. The molecule has 16 nitrogen and oxygen atoms in total. The monoisotopic (exact) mass is 674 g/mol. The number of thiocarbonyl (C=S) groups is 1. The molecule has 18 heteroatoms. The van der Waals surface area contributed by atoms with Gasteiger partial charge in [0, 0.05) is 30.6 Å². The first kappa shape index (κ1) is 36.3. The second-order valence-electron chi connectivity index (χ2n) is 11.4. The molecule has 5 fully saturated rings. The molecule has 0 aromatic carbocycles. The van der Waals surface area contributed by atoms with Crippen molar-refractivity contribution in [1.82, 2.24) is 10.6 Å². The van der Waals surface area contributed by atoms with E-state index in [0.29, 0.717) is 24.7 Å². The lowest BCUT2D eigenvalue weighted by atomic mass is 9.85. The van der Waals surface area contributed by atoms with Crippen LogP contribution >= 0.6 is 24.0 Å². The fourth-order valence-corrected chi connectivity index (χ4v) is 7.02. The summed E-state index contributed by atoms with van der Waals surface area (Å²) in [4.78, 5) is 0. The molecule has 5 rings (SSSR count). The molecule has 256 valence electrons. The van der Waals surface area contributed by atoms with Gasteiger partial charge in [-0.25, -0.2) is 0 Å². The zero-order chi connectivity index (χ0) is 32.0. The third kappa shape index (κ3) is 8.68. The Labute approximate surface area is 264 Å². The number of fused-ring (bicyclic) bond motifs is 7. The number of nitrogens with one attached hydrogen (secondary N) is 2. The number of aliphatic hydroxyl groups is 9. The van der Waals surface area contributed by atoms with Crippen LogP contribution in [0.1, 0.15) is 25.7 Å². The van der Waals surface area contributed by atoms with Crippen LogP contribution in [0.3, 0.4) is 0 Å². The fourth-order valence-electron chi connectivity index (χ4n) is 5.83. The van der Waals surface area contributed by atoms with Gasteiger partial charge in [-0.2, -0.15) is 11.8 Å². The zero-order valence-corrected chi connectivity index (χ0v) is 25.7. The molecule has 15 atom stereocenters. The first-order chi connectivity index (χ1) is 21.1. The molecule has 5 aliphatic heterocycles. The minimum Gasteiger partial charge on any atom is -0.394 e. The van der Waals surface area contributed by atoms with Gasteiger partial charge >= 0.3 is 0 Å². The normalized spacial score (nSPS) is 45.1. The van der Waals surface area contributed by atoms with Gasteiger partial charge < -0.3 is 80.3 Å². The van der Waals surface area contributed by atoms with Crippen LogP contribution in [-0.4, -0.2) is 175 Å². The predicted molar refractivity (Wildman–Crippen MR) is 156 cm³/mol. The van der Waals surface area contributed by atoms with E-state index in [0.717, 1.165) is 25.7 Å². The highest BCUT2D eigenvalue weighted by Crippen LogP contribution is 2.34. The summed E-state index contributed by atoms with van der Waals surface area (Å²) in [6.45, 7) is -0.471. The molecule has 0 amide bonds. The van der Waals surface area contributed by atoms with E-state index in [2.05, 4.69) is 10.6 Å². The first-order valence-electron chi connectivity index (χ1n) is 14.9. The van der Waals surface area contributed by atoms with Gasteiger partial charge in [0.25, 0.3) is 0 Å². The topological polar surface area (TPSA) is 252 Å². The second kappa shape index (κ2) is 17.0. The number of hydrogen-bond acceptors (Lipinski definition) is 16. The Morgan fingerprint density at radius 1 is 0.773 bits per heavy atom. The van der Waals surface area contributed by atoms with Gasteiger partial charge in [0.2, 0.25) is 0 Å². The van der Waals surface area contributed by atoms with Crippen molar-refractivity contribution >= 4 is 29.1 Å². The number of rotatable bonds is 10. The van der Waals surface area contributed by atoms with Crippen molar-refractivity contribution in [3.05, 3.63) is 0 Å². The molecule has 44 heavy (non-hydrogen) atoms. The third-order valence-electron chi connectivity index (χ3n) is 8.41. The Hall–Kier alpha value is -0.520. The molecular weight excluding hydrogens is 628 g/mol. The maximum absolute atomic E-state index is 10.8. The number of aliphatic hydroxyl groups excluding tert-OH is 9. The Balaban J connectivity index is 1.22. The van der Waals surface area contributed by atoms with E-state index in [1.54, 1.807) is 11.8 Å². The quantitative estimate of drug-likeness (QED) is 0.0771. The van der Waals surface area contributed by atoms with Crippen LogP contribution in [-0.2, 0) is 23.7 Å². The second-order valence-corrected chi connectivity index (χ2v) is 13.0. The summed E-state index contributed by atoms with van der Waals surface area (Å²) in [5.74, 6) is 0.972. The predicted octanol–water partition coefficient (Wildman–Crippen LogP) is -4.54. The summed E-state index contributed by atoms with van der Waals surface area (Å²) in [6.07, 6.45) is -14.7. The smallest absolute Gasteiger partial charge is 0.187 e. The summed E-state index contributed by atoms with van der Waals surface area (Å²) in [5, 5.41) is 97.8. The summed E-state index contributed by atoms with van der Waals surface area (Å²) in [7, 11) is 0. The number of hydrogen-bond donors (Lipinski definition) is 11. The lowest BCUT2D eigenvalue weighted by Crippen LogP contribution is -2.67. The molecular formula is C26H46N2O14S2. The van der Waals surface area contributed by atoms with Gasteiger partial charge in [-0.15, -0.1) is 0 Å². The molecule has 5 aliphatic rings. The highest BCUT2D eigenvalue weighted by Gasteiger charge is 2.50. The van der Waals surface area contributed by atoms with Crippen LogP contribution in [0.5, 0.6) is 0 Å². The number of thioether (sulfide) groups is 1. The highest BCUT2D eigenvalue weighted by atomic mass is 32.2. The molecule has 0 aromatic rings. The van der Waals surface area contributed by atoms with E-state index < -0.39 is 93.1 Å². The standard InChI is InChI=1S/C26H46N2O14S2/c29-8-12-16(32)17(33)21(37)25(40-12)42-22-13(9-30)39-23(19(35)18(22)34)28-26(43)27-5-7-44-10-14-11-4-2-1-3-6-38-24(41-14)20(36)15(11)31/h11-25,29-37H,1-10H2,(H2,27,28,43)/t11?,12?,13?,14?,15-,16-,17-,18+,19?,20?,21?,22+,23+,24-,25-/m0/s1. The zero-order valence-electron chi connectivity index (χ0n) is 24.1. The van der Waals surface area contributed by atoms with Gasteiger partial charge in [0.15, 0.2) is 23.9 Å². The molecule has 7 unspecified atom stereocenters. The van der Waals surface area contributed by atoms with Crippen LogP contribution in [0, 0.1) is 5.92 Å². The molecule has 11 N–H and O–H groups in total. The van der Waals surface area contributed by atoms with Gasteiger partial charge in [0.05, 0.1) is 25.4 Å². The van der Waals surface area contributed by atoms with E-state index in [9.17, 15) is 46.0 Å². The molecule has 0 spiro atoms. The third-order valence-corrected chi connectivity index (χ3v) is 9.73. The SMILES string of the molecule is OCC1O[C@@H](NC(=S)NCCSCC2O[C@@H]3OCCCCCC2[C@H](O)C3O)C(O)[C@@H](O)[C@@H]1O[C@@H]1OC(CO)[C@H](O)[C@H](O)C1O. The Morgan fingerprint density at radius 2 is 1.52 bits per heavy atom. The van der Waals surface area contributed by atoms with Gasteiger partial charge in [-0.3, -0.25) is 0 Å². The largest absolute Gasteiger partial charge is 0.394 e. The van der Waals surface area contributed by atoms with Crippen LogP contribution in [0.2, 0.25) is 0 Å². The Kier molecular flexibility index (Phi) is 14.1. The maximum atomic E-state index is 10.8. The average Bonchev–Trinajstić information content (AvgIpc) is 3.01. The van der Waals surface area contributed by atoms with Crippen molar-refractivity contribution < 1.29 is 69.6 Å². The van der Waals surface area contributed by atoms with Crippen molar-refractivity contribution in [1.29, 1.82) is 0 Å². The van der Waals surface area contributed by atoms with E-state index in [-0.39, 0.29) is 17.1 Å². The van der Waals surface area contributed by atoms with Crippen LogP contribution in [0.15, 0.2) is 0 Å². The molecule has 0 aliphatic carbocycles. The van der Waals surface area contributed by atoms with E-state index in [1.165, 1.54) is 0 Å². The van der Waals surface area contributed by atoms with Crippen LogP contribution in [0.4, 0.5) is 0 Å². The summed E-state index contributed by atoms with van der Waals surface area (Å²) >= 11 is 6.87. The van der Waals surface area contributed by atoms with Crippen molar-refractivity contribution in [3.63, 3.8) is 0 Å². The summed E-state index contributed by atoms with van der Waals surface area (Å²) in [5.41, 5.74) is 0. The Bertz CT molecular complexity index is 894. The molecule has 0 saturated carbocycles. The van der Waals surface area contributed by atoms with Crippen LogP contribution < -0.4 is 10.6 Å². The van der Waals surface area contributed by atoms with Crippen LogP contribution in [0.25, 0.3) is 0 Å². The molecule has 0 radical (unpaired) electrons. The first-order valence-corrected chi connectivity index (χ1v) is 16.5. The fraction of sp³-hybridized carbons (Fsp3) is 0.962. The van der Waals surface area contributed by atoms with Crippen molar-refractivity contribution in [2.75, 3.05) is 37.9 Å². The van der Waals surface area contributed by atoms with Crippen molar-refractivity contribution in [2.45, 2.75) is 112 Å². The Morgan fingerprint density at radius 3 is 2.25 bits per heavy atom. The molecule has 5 saturated heterocycles. The maximum Gasteiger partial charge on any atom is 0.187 e. The average molecular weight is 675 g/mol. The lowest BCUT2D eigenvalue weighted by molar-refractivity contribution is -0.342. The van der Waals surface area contributed by atoms with E-state index in [4.69, 9.17) is 35.9 Å². The molecule has 5 heterocycles. The van der Waals surface area contributed by atoms with E-state index >= 15 is 0 Å². The van der Waals surface area contributed by atoms with Crippen molar-refractivity contribution in [3.8, 4) is 0 Å².